The molecule has 0 bridgehead atoms. The third kappa shape index (κ3) is 2.45. The molecule has 4 heteroatoms. The fraction of sp³-hybridized carbons (Fsp3) is 0.417. The molecule has 0 radical (unpaired) electrons. The van der Waals surface area contributed by atoms with Crippen molar-refractivity contribution >= 4 is 11.5 Å². The lowest BCUT2D eigenvalue weighted by Crippen LogP contribution is -2.08. The smallest absolute Gasteiger partial charge is 0.163 e. The first-order valence-corrected chi connectivity index (χ1v) is 5.52. The minimum absolute atomic E-state index is 0.620. The number of benzene rings is 1. The lowest BCUT2D eigenvalue weighted by Gasteiger charge is -2.07. The van der Waals surface area contributed by atoms with Gasteiger partial charge in [0.1, 0.15) is 0 Å². The highest BCUT2D eigenvalue weighted by Crippen LogP contribution is 2.33. The van der Waals surface area contributed by atoms with Gasteiger partial charge < -0.3 is 15.2 Å². The second-order valence-electron chi connectivity index (χ2n) is 3.64. The molecule has 1 aliphatic rings. The summed E-state index contributed by atoms with van der Waals surface area (Å²) in [4.78, 5) is 4.28. The molecule has 0 aliphatic carbocycles. The van der Waals surface area contributed by atoms with E-state index in [2.05, 4.69) is 4.99 Å². The third-order valence-corrected chi connectivity index (χ3v) is 2.37. The molecule has 0 unspecified atom stereocenters. The van der Waals surface area contributed by atoms with Crippen LogP contribution in [0.3, 0.4) is 0 Å². The first-order chi connectivity index (χ1) is 7.79. The van der Waals surface area contributed by atoms with Gasteiger partial charge in [0.15, 0.2) is 11.5 Å². The molecular formula is C12H16N2O2. The predicted molar refractivity (Wildman–Crippen MR) is 63.6 cm³/mol. The molecule has 2 N–H and O–H groups in total. The maximum atomic E-state index is 5.69. The third-order valence-electron chi connectivity index (χ3n) is 2.37. The van der Waals surface area contributed by atoms with Gasteiger partial charge in [0.2, 0.25) is 0 Å². The number of hydrogen-bond donors (Lipinski definition) is 1. The van der Waals surface area contributed by atoms with Crippen LogP contribution < -0.4 is 15.2 Å². The van der Waals surface area contributed by atoms with E-state index in [1.54, 1.807) is 0 Å². The van der Waals surface area contributed by atoms with E-state index in [0.29, 0.717) is 19.0 Å². The number of fused-ring (bicyclic) bond motifs is 1. The Bertz CT molecular complexity index is 402. The Labute approximate surface area is 95.1 Å². The maximum Gasteiger partial charge on any atom is 0.163 e. The molecule has 86 valence electrons. The Morgan fingerprint density at radius 2 is 2.06 bits per heavy atom. The predicted octanol–water partition coefficient (Wildman–Crippen LogP) is 2.25. The second-order valence-corrected chi connectivity index (χ2v) is 3.64. The number of aliphatic imine (C=N–C) groups is 1. The average Bonchev–Trinajstić information content (AvgIpc) is 2.53. The Hall–Kier alpha value is -1.71. The van der Waals surface area contributed by atoms with E-state index < -0.39 is 0 Å². The summed E-state index contributed by atoms with van der Waals surface area (Å²) in [6.45, 7) is 3.36. The quantitative estimate of drug-likeness (QED) is 0.614. The van der Waals surface area contributed by atoms with Gasteiger partial charge in [-0.2, -0.15) is 0 Å². The van der Waals surface area contributed by atoms with E-state index in [4.69, 9.17) is 15.2 Å². The van der Waals surface area contributed by atoms with Gasteiger partial charge in [0.25, 0.3) is 0 Å². The molecule has 1 heterocycles. The highest BCUT2D eigenvalue weighted by molar-refractivity contribution is 5.83. The van der Waals surface area contributed by atoms with Crippen molar-refractivity contribution in [3.8, 4) is 11.5 Å². The minimum Gasteiger partial charge on any atom is -0.490 e. The van der Waals surface area contributed by atoms with Crippen LogP contribution in [0.25, 0.3) is 0 Å². The molecule has 16 heavy (non-hydrogen) atoms. The van der Waals surface area contributed by atoms with Crippen molar-refractivity contribution in [2.24, 2.45) is 10.7 Å². The highest BCUT2D eigenvalue weighted by Gasteiger charge is 2.10. The van der Waals surface area contributed by atoms with Crippen molar-refractivity contribution in [3.63, 3.8) is 0 Å². The highest BCUT2D eigenvalue weighted by atomic mass is 16.5. The molecule has 1 aromatic rings. The standard InChI is InChI=1S/C12H16N2O2/c1-2-12(13)14-9-4-5-10-11(8-9)16-7-3-6-15-10/h4-5,8H,2-3,6-7H2,1H3,(H2,13,14). The van der Waals surface area contributed by atoms with E-state index in [1.165, 1.54) is 0 Å². The Morgan fingerprint density at radius 1 is 1.31 bits per heavy atom. The van der Waals surface area contributed by atoms with Crippen LogP contribution in [0.1, 0.15) is 19.8 Å². The topological polar surface area (TPSA) is 56.8 Å². The molecule has 0 amide bonds. The summed E-state index contributed by atoms with van der Waals surface area (Å²) >= 11 is 0. The van der Waals surface area contributed by atoms with Crippen molar-refractivity contribution in [2.75, 3.05) is 13.2 Å². The summed E-state index contributed by atoms with van der Waals surface area (Å²) in [6, 6.07) is 5.63. The van der Waals surface area contributed by atoms with Gasteiger partial charge in [-0.15, -0.1) is 0 Å². The van der Waals surface area contributed by atoms with Crippen LogP contribution in [0, 0.1) is 0 Å². The van der Waals surface area contributed by atoms with Crippen LogP contribution in [-0.4, -0.2) is 19.0 Å². The van der Waals surface area contributed by atoms with Crippen LogP contribution in [0.2, 0.25) is 0 Å². The van der Waals surface area contributed by atoms with E-state index in [9.17, 15) is 0 Å². The van der Waals surface area contributed by atoms with Crippen LogP contribution in [0.5, 0.6) is 11.5 Å². The Balaban J connectivity index is 2.27. The van der Waals surface area contributed by atoms with Gasteiger partial charge >= 0.3 is 0 Å². The summed E-state index contributed by atoms with van der Waals surface area (Å²) in [6.07, 6.45) is 1.65. The van der Waals surface area contributed by atoms with Crippen LogP contribution in [0.4, 0.5) is 5.69 Å². The van der Waals surface area contributed by atoms with E-state index in [-0.39, 0.29) is 0 Å². The fourth-order valence-corrected chi connectivity index (χ4v) is 1.47. The largest absolute Gasteiger partial charge is 0.490 e. The van der Waals surface area contributed by atoms with Gasteiger partial charge in [-0.05, 0) is 12.1 Å². The molecule has 0 aromatic heterocycles. The van der Waals surface area contributed by atoms with Crippen molar-refractivity contribution in [1.29, 1.82) is 0 Å². The van der Waals surface area contributed by atoms with Gasteiger partial charge in [-0.1, -0.05) is 6.92 Å². The lowest BCUT2D eigenvalue weighted by molar-refractivity contribution is 0.297. The van der Waals surface area contributed by atoms with Crippen molar-refractivity contribution in [1.82, 2.24) is 0 Å². The molecule has 1 aliphatic heterocycles. The number of hydrogen-bond acceptors (Lipinski definition) is 3. The number of rotatable bonds is 2. The summed E-state index contributed by atoms with van der Waals surface area (Å²) in [7, 11) is 0. The number of nitrogens with two attached hydrogens (primary N) is 1. The summed E-state index contributed by atoms with van der Waals surface area (Å²) in [5, 5.41) is 0. The van der Waals surface area contributed by atoms with Crippen LogP contribution in [-0.2, 0) is 0 Å². The first kappa shape index (κ1) is 10.8. The summed E-state index contributed by atoms with van der Waals surface area (Å²) < 4.78 is 11.1. The van der Waals surface area contributed by atoms with Gasteiger partial charge in [0.05, 0.1) is 24.7 Å². The lowest BCUT2D eigenvalue weighted by atomic mass is 10.3. The Kier molecular flexibility index (Phi) is 3.29. The molecule has 0 saturated heterocycles. The molecule has 4 nitrogen and oxygen atoms in total. The van der Waals surface area contributed by atoms with Gasteiger partial charge in [-0.3, -0.25) is 0 Å². The molecule has 1 aromatic carbocycles. The molecule has 0 fully saturated rings. The molecule has 0 atom stereocenters. The molecule has 0 spiro atoms. The van der Waals surface area contributed by atoms with Crippen molar-refractivity contribution in [3.05, 3.63) is 18.2 Å². The average molecular weight is 220 g/mol. The second kappa shape index (κ2) is 4.88. The monoisotopic (exact) mass is 220 g/mol. The zero-order chi connectivity index (χ0) is 11.4. The van der Waals surface area contributed by atoms with E-state index >= 15 is 0 Å². The SMILES string of the molecule is CCC(N)=Nc1ccc2c(c1)OCCCO2. The summed E-state index contributed by atoms with van der Waals surface area (Å²) in [5.74, 6) is 2.16. The maximum absolute atomic E-state index is 5.69. The zero-order valence-corrected chi connectivity index (χ0v) is 9.40. The Morgan fingerprint density at radius 3 is 2.81 bits per heavy atom. The normalized spacial score (nSPS) is 15.7. The van der Waals surface area contributed by atoms with Crippen molar-refractivity contribution in [2.45, 2.75) is 19.8 Å². The summed E-state index contributed by atoms with van der Waals surface area (Å²) in [5.41, 5.74) is 6.50. The number of amidine groups is 1. The molecular weight excluding hydrogens is 204 g/mol. The van der Waals surface area contributed by atoms with E-state index in [0.717, 1.165) is 30.0 Å². The minimum atomic E-state index is 0.620. The van der Waals surface area contributed by atoms with Gasteiger partial charge in [-0.25, -0.2) is 4.99 Å². The number of nitrogens with zero attached hydrogens (tertiary/aromatic N) is 1. The van der Waals surface area contributed by atoms with Crippen molar-refractivity contribution < 1.29 is 9.47 Å². The molecule has 0 saturated carbocycles. The molecule has 2 rings (SSSR count). The fourth-order valence-electron chi connectivity index (χ4n) is 1.47. The van der Waals surface area contributed by atoms with Crippen LogP contribution in [0.15, 0.2) is 23.2 Å². The van der Waals surface area contributed by atoms with Crippen LogP contribution >= 0.6 is 0 Å². The number of ether oxygens (including phenoxy) is 2. The van der Waals surface area contributed by atoms with E-state index in [1.807, 2.05) is 25.1 Å². The first-order valence-electron chi connectivity index (χ1n) is 5.52. The van der Waals surface area contributed by atoms with Gasteiger partial charge in [0, 0.05) is 18.9 Å². The zero-order valence-electron chi connectivity index (χ0n) is 9.40.